The number of rotatable bonds is 10. The second-order valence-electron chi connectivity index (χ2n) is 4.40. The first-order valence-corrected chi connectivity index (χ1v) is 7.04. The summed E-state index contributed by atoms with van der Waals surface area (Å²) in [5.74, 6) is 1.13. The minimum Gasteiger partial charge on any atom is -0.495 e. The second kappa shape index (κ2) is 13.6. The first-order chi connectivity index (χ1) is 10.3. The average Bonchev–Trinajstić information content (AvgIpc) is 2.50. The highest BCUT2D eigenvalue weighted by Crippen LogP contribution is 2.22. The first kappa shape index (κ1) is 20.9. The van der Waals surface area contributed by atoms with Crippen LogP contribution in [0.2, 0.25) is 0 Å². The molecule has 6 nitrogen and oxygen atoms in total. The molecule has 0 aliphatic rings. The van der Waals surface area contributed by atoms with E-state index in [0.29, 0.717) is 25.7 Å². The lowest BCUT2D eigenvalue weighted by Crippen LogP contribution is -2.23. The van der Waals surface area contributed by atoms with Crippen molar-refractivity contribution >= 4 is 35.6 Å². The van der Waals surface area contributed by atoms with E-state index in [9.17, 15) is 0 Å². The van der Waals surface area contributed by atoms with Gasteiger partial charge in [-0.2, -0.15) is 0 Å². The molecule has 1 rings (SSSR count). The molecule has 3 N–H and O–H groups in total. The highest BCUT2D eigenvalue weighted by molar-refractivity contribution is 14.0. The molecule has 1 aromatic carbocycles. The molecule has 0 bridgehead atoms. The van der Waals surface area contributed by atoms with Crippen LogP contribution in [0.25, 0.3) is 0 Å². The highest BCUT2D eigenvalue weighted by Gasteiger charge is 2.01. The van der Waals surface area contributed by atoms with Crippen LogP contribution in [0.4, 0.5) is 5.69 Å². The molecule has 0 aliphatic carbocycles. The summed E-state index contributed by atoms with van der Waals surface area (Å²) in [4.78, 5) is 4.28. The van der Waals surface area contributed by atoms with Crippen LogP contribution in [0.3, 0.4) is 0 Å². The van der Waals surface area contributed by atoms with Crippen LogP contribution in [-0.4, -0.2) is 46.5 Å². The number of hydrogen-bond acceptors (Lipinski definition) is 4. The fourth-order valence-electron chi connectivity index (χ4n) is 1.69. The molecule has 0 radical (unpaired) electrons. The number of nitrogens with zero attached hydrogens (tertiary/aromatic N) is 1. The Labute approximate surface area is 149 Å². The predicted molar refractivity (Wildman–Crippen MR) is 100 cm³/mol. The van der Waals surface area contributed by atoms with Crippen LogP contribution in [0.15, 0.2) is 29.3 Å². The Bertz CT molecular complexity index is 430. The normalized spacial score (nSPS) is 10.9. The Balaban J connectivity index is 0.00000441. The van der Waals surface area contributed by atoms with Crippen molar-refractivity contribution in [3.05, 3.63) is 24.3 Å². The van der Waals surface area contributed by atoms with E-state index in [1.54, 1.807) is 14.2 Å². The van der Waals surface area contributed by atoms with Crippen molar-refractivity contribution in [1.29, 1.82) is 0 Å². The zero-order valence-electron chi connectivity index (χ0n) is 13.2. The molecule has 0 fully saturated rings. The smallest absolute Gasteiger partial charge is 0.193 e. The van der Waals surface area contributed by atoms with Crippen LogP contribution in [-0.2, 0) is 9.47 Å². The molecule has 1 aromatic rings. The third-order valence-corrected chi connectivity index (χ3v) is 2.78. The van der Waals surface area contributed by atoms with Gasteiger partial charge in [0.1, 0.15) is 5.75 Å². The topological polar surface area (TPSA) is 78.1 Å². The molecule has 22 heavy (non-hydrogen) atoms. The number of para-hydroxylation sites is 2. The lowest BCUT2D eigenvalue weighted by atomic mass is 10.3. The number of guanidine groups is 1. The van der Waals surface area contributed by atoms with Crippen LogP contribution >= 0.6 is 24.0 Å². The van der Waals surface area contributed by atoms with Gasteiger partial charge in [0.15, 0.2) is 5.96 Å². The molecule has 0 aliphatic heterocycles. The fraction of sp³-hybridized carbons (Fsp3) is 0.533. The Hall–Kier alpha value is -1.06. The molecule has 0 unspecified atom stereocenters. The number of halogens is 1. The summed E-state index contributed by atoms with van der Waals surface area (Å²) in [5, 5.41) is 3.04. The zero-order chi connectivity index (χ0) is 15.3. The number of methoxy groups -OCH3 is 2. The maximum absolute atomic E-state index is 5.85. The van der Waals surface area contributed by atoms with E-state index in [-0.39, 0.29) is 24.0 Å². The van der Waals surface area contributed by atoms with Gasteiger partial charge in [-0.3, -0.25) is 4.99 Å². The van der Waals surface area contributed by atoms with Crippen molar-refractivity contribution < 1.29 is 14.2 Å². The Morgan fingerprint density at radius 3 is 2.64 bits per heavy atom. The summed E-state index contributed by atoms with van der Waals surface area (Å²) >= 11 is 0. The molecule has 0 aromatic heterocycles. The minimum absolute atomic E-state index is 0. The summed E-state index contributed by atoms with van der Waals surface area (Å²) in [6.07, 6.45) is 1.89. The van der Waals surface area contributed by atoms with E-state index in [1.165, 1.54) is 0 Å². The maximum Gasteiger partial charge on any atom is 0.193 e. The van der Waals surface area contributed by atoms with Crippen LogP contribution in [0, 0.1) is 0 Å². The van der Waals surface area contributed by atoms with E-state index < -0.39 is 0 Å². The van der Waals surface area contributed by atoms with Gasteiger partial charge < -0.3 is 25.3 Å². The number of unbranched alkanes of at least 4 members (excludes halogenated alkanes) is 1. The summed E-state index contributed by atoms with van der Waals surface area (Å²) in [6.45, 7) is 2.66. The van der Waals surface area contributed by atoms with E-state index in [0.717, 1.165) is 30.9 Å². The molecule has 0 heterocycles. The van der Waals surface area contributed by atoms with E-state index >= 15 is 0 Å². The average molecular weight is 423 g/mol. The van der Waals surface area contributed by atoms with Gasteiger partial charge >= 0.3 is 0 Å². The zero-order valence-corrected chi connectivity index (χ0v) is 15.5. The largest absolute Gasteiger partial charge is 0.495 e. The van der Waals surface area contributed by atoms with Gasteiger partial charge in [0, 0.05) is 20.3 Å². The number of benzene rings is 1. The van der Waals surface area contributed by atoms with Gasteiger partial charge in [0.2, 0.25) is 0 Å². The molecule has 0 atom stereocenters. The van der Waals surface area contributed by atoms with Crippen molar-refractivity contribution in [2.45, 2.75) is 12.8 Å². The third kappa shape index (κ3) is 9.06. The second-order valence-corrected chi connectivity index (χ2v) is 4.40. The standard InChI is InChI=1S/C15H25N3O3.HI/c1-19-11-12-21-10-6-5-9-17-15(16)18-13-7-3-4-8-14(13)20-2;/h3-4,7-8H,5-6,9-12H2,1-2H3,(H3,16,17,18);1H. The van der Waals surface area contributed by atoms with E-state index in [4.69, 9.17) is 19.9 Å². The molecule has 0 spiro atoms. The minimum atomic E-state index is 0. The maximum atomic E-state index is 5.85. The van der Waals surface area contributed by atoms with Crippen LogP contribution in [0.5, 0.6) is 5.75 Å². The van der Waals surface area contributed by atoms with Crippen LogP contribution < -0.4 is 15.8 Å². The third-order valence-electron chi connectivity index (χ3n) is 2.78. The van der Waals surface area contributed by atoms with Crippen molar-refractivity contribution in [2.24, 2.45) is 10.7 Å². The SMILES string of the molecule is COCCOCCCCN=C(N)Nc1ccccc1OC.I. The highest BCUT2D eigenvalue weighted by atomic mass is 127. The number of hydrogen-bond donors (Lipinski definition) is 2. The van der Waals surface area contributed by atoms with Gasteiger partial charge in [-0.1, -0.05) is 12.1 Å². The van der Waals surface area contributed by atoms with Crippen LogP contribution in [0.1, 0.15) is 12.8 Å². The van der Waals surface area contributed by atoms with Crippen molar-refractivity contribution in [1.82, 2.24) is 0 Å². The van der Waals surface area contributed by atoms with Gasteiger partial charge in [0.05, 0.1) is 26.0 Å². The lowest BCUT2D eigenvalue weighted by Gasteiger charge is -2.10. The number of aliphatic imine (C=N–C) groups is 1. The molecule has 0 saturated carbocycles. The van der Waals surface area contributed by atoms with Crippen molar-refractivity contribution in [3.8, 4) is 5.75 Å². The summed E-state index contributed by atoms with van der Waals surface area (Å²) in [7, 11) is 3.28. The Kier molecular flexibility index (Phi) is 12.9. The summed E-state index contributed by atoms with van der Waals surface area (Å²) in [5.41, 5.74) is 6.65. The van der Waals surface area contributed by atoms with Gasteiger partial charge in [0.25, 0.3) is 0 Å². The Morgan fingerprint density at radius 2 is 1.91 bits per heavy atom. The number of nitrogens with one attached hydrogen (secondary N) is 1. The molecule has 0 amide bonds. The van der Waals surface area contributed by atoms with Gasteiger partial charge in [-0.15, -0.1) is 24.0 Å². The molecular formula is C15H26IN3O3. The Morgan fingerprint density at radius 1 is 1.14 bits per heavy atom. The molecular weight excluding hydrogens is 397 g/mol. The lowest BCUT2D eigenvalue weighted by molar-refractivity contribution is 0.0690. The first-order valence-electron chi connectivity index (χ1n) is 7.04. The van der Waals surface area contributed by atoms with Crippen molar-refractivity contribution in [3.63, 3.8) is 0 Å². The van der Waals surface area contributed by atoms with E-state index in [2.05, 4.69) is 10.3 Å². The molecule has 126 valence electrons. The number of ether oxygens (including phenoxy) is 3. The molecule has 0 saturated heterocycles. The monoisotopic (exact) mass is 423 g/mol. The summed E-state index contributed by atoms with van der Waals surface area (Å²) < 4.78 is 15.5. The van der Waals surface area contributed by atoms with Gasteiger partial charge in [-0.05, 0) is 25.0 Å². The quantitative estimate of drug-likeness (QED) is 0.262. The molecule has 7 heteroatoms. The predicted octanol–water partition coefficient (Wildman–Crippen LogP) is 2.48. The van der Waals surface area contributed by atoms with E-state index in [1.807, 2.05) is 24.3 Å². The van der Waals surface area contributed by atoms with Gasteiger partial charge in [-0.25, -0.2) is 0 Å². The van der Waals surface area contributed by atoms with Crippen molar-refractivity contribution in [2.75, 3.05) is 45.9 Å². The summed E-state index contributed by atoms with van der Waals surface area (Å²) in [6, 6.07) is 7.58. The number of nitrogens with two attached hydrogens (primary N) is 1. The fourth-order valence-corrected chi connectivity index (χ4v) is 1.69. The number of anilines is 1.